The highest BCUT2D eigenvalue weighted by atomic mass is 16.4. The highest BCUT2D eigenvalue weighted by Gasteiger charge is 2.20. The van der Waals surface area contributed by atoms with Crippen molar-refractivity contribution in [2.24, 2.45) is 0 Å². The van der Waals surface area contributed by atoms with E-state index in [9.17, 15) is 0 Å². The molecule has 0 amide bonds. The first-order chi connectivity index (χ1) is 30.2. The van der Waals surface area contributed by atoms with E-state index in [-0.39, 0.29) is 0 Å². The van der Waals surface area contributed by atoms with Crippen LogP contribution in [0.5, 0.6) is 0 Å². The largest absolute Gasteiger partial charge is 0.456 e. The molecule has 0 N–H and O–H groups in total. The normalized spacial score (nSPS) is 11.6. The van der Waals surface area contributed by atoms with E-state index in [1.165, 1.54) is 43.8 Å². The highest BCUT2D eigenvalue weighted by Crippen LogP contribution is 2.44. The zero-order valence-corrected chi connectivity index (χ0v) is 33.0. The lowest BCUT2D eigenvalue weighted by Crippen LogP contribution is -2.10. The van der Waals surface area contributed by atoms with Gasteiger partial charge in [0.2, 0.25) is 5.89 Å². The van der Waals surface area contributed by atoms with E-state index >= 15 is 0 Å². The molecule has 0 fully saturated rings. The molecular formula is C57H36N2O2. The molecule has 12 aromatic rings. The number of hydrogen-bond donors (Lipinski definition) is 0. The van der Waals surface area contributed by atoms with Gasteiger partial charge in [-0.2, -0.15) is 0 Å². The molecule has 12 rings (SSSR count). The van der Waals surface area contributed by atoms with Gasteiger partial charge < -0.3 is 13.7 Å². The first kappa shape index (κ1) is 34.8. The molecule has 0 saturated heterocycles. The lowest BCUT2D eigenvalue weighted by Gasteiger charge is -2.27. The Morgan fingerprint density at radius 2 is 0.951 bits per heavy atom. The highest BCUT2D eigenvalue weighted by molar-refractivity contribution is 6.10. The first-order valence-corrected chi connectivity index (χ1v) is 20.6. The summed E-state index contributed by atoms with van der Waals surface area (Å²) in [6.07, 6.45) is 0. The van der Waals surface area contributed by atoms with Crippen LogP contribution in [-0.2, 0) is 0 Å². The van der Waals surface area contributed by atoms with Gasteiger partial charge in [0, 0.05) is 45.5 Å². The monoisotopic (exact) mass is 780 g/mol. The first-order valence-electron chi connectivity index (χ1n) is 20.6. The molecule has 0 spiro atoms. The van der Waals surface area contributed by atoms with Gasteiger partial charge in [0.1, 0.15) is 16.7 Å². The molecule has 61 heavy (non-hydrogen) atoms. The van der Waals surface area contributed by atoms with Crippen LogP contribution in [-0.4, -0.2) is 4.98 Å². The van der Waals surface area contributed by atoms with E-state index in [0.29, 0.717) is 5.89 Å². The Labute approximate surface area is 352 Å². The van der Waals surface area contributed by atoms with Crippen LogP contribution < -0.4 is 4.90 Å². The summed E-state index contributed by atoms with van der Waals surface area (Å²) in [7, 11) is 0. The van der Waals surface area contributed by atoms with Crippen molar-refractivity contribution in [3.63, 3.8) is 0 Å². The van der Waals surface area contributed by atoms with Crippen LogP contribution in [0.25, 0.3) is 99.4 Å². The minimum Gasteiger partial charge on any atom is -0.456 e. The van der Waals surface area contributed by atoms with Gasteiger partial charge in [0.25, 0.3) is 0 Å². The maximum atomic E-state index is 6.65. The van der Waals surface area contributed by atoms with Crippen molar-refractivity contribution >= 4 is 71.6 Å². The van der Waals surface area contributed by atoms with Gasteiger partial charge in [-0.1, -0.05) is 146 Å². The molecule has 10 aromatic carbocycles. The zero-order valence-electron chi connectivity index (χ0n) is 33.0. The SMILES string of the molecule is c1ccc(-c2nc3cc4oc5cc(N(c6ccc(-c7cccc8ccccc78)cc6)c6ccc(-c7ccc8ccccc8c7)c(-c7ccccc7)c6)ccc5c4cc3o2)cc1. The number of aromatic nitrogens is 1. The van der Waals surface area contributed by atoms with Crippen molar-refractivity contribution in [3.05, 3.63) is 218 Å². The van der Waals surface area contributed by atoms with Crippen LogP contribution in [0.15, 0.2) is 227 Å². The standard InChI is InChI=1S/C57H36N2O2/c1-3-13-39(14-4-1)51-33-45(28-30-49(51)43-23-22-37-12-7-8-18-42(37)32-43)59(44-26-24-40(25-27-44)48-21-11-19-38-15-9-10-20-47(38)48)46-29-31-50-52-35-56-53(36-55(52)60-54(50)34-46)58-57(61-56)41-16-5-2-6-17-41/h1-36H. The van der Waals surface area contributed by atoms with Crippen molar-refractivity contribution in [3.8, 4) is 44.8 Å². The van der Waals surface area contributed by atoms with Gasteiger partial charge >= 0.3 is 0 Å². The summed E-state index contributed by atoms with van der Waals surface area (Å²) in [5.74, 6) is 0.596. The summed E-state index contributed by atoms with van der Waals surface area (Å²) in [5, 5.41) is 6.91. The fourth-order valence-electron chi connectivity index (χ4n) is 8.88. The third-order valence-corrected chi connectivity index (χ3v) is 11.9. The number of oxazole rings is 1. The maximum absolute atomic E-state index is 6.65. The maximum Gasteiger partial charge on any atom is 0.227 e. The molecule has 0 atom stereocenters. The molecule has 0 aliphatic rings. The van der Waals surface area contributed by atoms with E-state index in [2.05, 4.69) is 187 Å². The van der Waals surface area contributed by atoms with Gasteiger partial charge in [-0.25, -0.2) is 4.98 Å². The van der Waals surface area contributed by atoms with Crippen LogP contribution in [0.1, 0.15) is 0 Å². The molecule has 0 aliphatic heterocycles. The Hall–Kier alpha value is -8.21. The van der Waals surface area contributed by atoms with Gasteiger partial charge in [0.05, 0.1) is 0 Å². The Morgan fingerprint density at radius 1 is 0.311 bits per heavy atom. The number of anilines is 3. The lowest BCUT2D eigenvalue weighted by molar-refractivity contribution is 0.620. The predicted molar refractivity (Wildman–Crippen MR) is 253 cm³/mol. The summed E-state index contributed by atoms with van der Waals surface area (Å²) < 4.78 is 12.9. The number of hydrogen-bond acceptors (Lipinski definition) is 4. The summed E-state index contributed by atoms with van der Waals surface area (Å²) >= 11 is 0. The summed E-state index contributed by atoms with van der Waals surface area (Å²) in [5.41, 5.74) is 14.1. The second-order valence-electron chi connectivity index (χ2n) is 15.6. The minimum absolute atomic E-state index is 0.596. The van der Waals surface area contributed by atoms with Crippen LogP contribution in [0.4, 0.5) is 17.1 Å². The number of rotatable bonds is 7. The fourth-order valence-corrected chi connectivity index (χ4v) is 8.88. The predicted octanol–water partition coefficient (Wildman–Crippen LogP) is 16.2. The molecule has 0 radical (unpaired) electrons. The Morgan fingerprint density at radius 3 is 1.79 bits per heavy atom. The van der Waals surface area contributed by atoms with Crippen molar-refractivity contribution in [2.75, 3.05) is 4.90 Å². The van der Waals surface area contributed by atoms with E-state index in [4.69, 9.17) is 13.8 Å². The Kier molecular flexibility index (Phi) is 8.13. The fraction of sp³-hybridized carbons (Fsp3) is 0. The molecular weight excluding hydrogens is 745 g/mol. The zero-order chi connectivity index (χ0) is 40.3. The molecule has 4 heteroatoms. The van der Waals surface area contributed by atoms with Gasteiger partial charge in [0.15, 0.2) is 5.58 Å². The summed E-state index contributed by atoms with van der Waals surface area (Å²) in [6, 6.07) is 77.4. The molecule has 286 valence electrons. The van der Waals surface area contributed by atoms with Crippen LogP contribution in [0.3, 0.4) is 0 Å². The second-order valence-corrected chi connectivity index (χ2v) is 15.6. The van der Waals surface area contributed by atoms with Crippen molar-refractivity contribution in [1.29, 1.82) is 0 Å². The summed E-state index contributed by atoms with van der Waals surface area (Å²) in [4.78, 5) is 7.15. The lowest BCUT2D eigenvalue weighted by atomic mass is 9.92. The third-order valence-electron chi connectivity index (χ3n) is 11.9. The molecule has 2 heterocycles. The van der Waals surface area contributed by atoms with E-state index in [0.717, 1.165) is 66.8 Å². The molecule has 2 aromatic heterocycles. The summed E-state index contributed by atoms with van der Waals surface area (Å²) in [6.45, 7) is 0. The number of fused-ring (bicyclic) bond motifs is 6. The molecule has 0 unspecified atom stereocenters. The van der Waals surface area contributed by atoms with Crippen molar-refractivity contribution in [1.82, 2.24) is 4.98 Å². The average Bonchev–Trinajstić information content (AvgIpc) is 3.91. The van der Waals surface area contributed by atoms with E-state index in [1.54, 1.807) is 0 Å². The number of benzene rings is 10. The van der Waals surface area contributed by atoms with Gasteiger partial charge in [-0.3, -0.25) is 0 Å². The van der Waals surface area contributed by atoms with Crippen LogP contribution >= 0.6 is 0 Å². The Bertz CT molecular complexity index is 3580. The molecule has 4 nitrogen and oxygen atoms in total. The van der Waals surface area contributed by atoms with Gasteiger partial charge in [-0.05, 0) is 116 Å². The minimum atomic E-state index is 0.596. The molecule has 0 aliphatic carbocycles. The molecule has 0 saturated carbocycles. The molecule has 0 bridgehead atoms. The van der Waals surface area contributed by atoms with Gasteiger partial charge in [-0.15, -0.1) is 0 Å². The van der Waals surface area contributed by atoms with Crippen molar-refractivity contribution < 1.29 is 8.83 Å². The second kappa shape index (κ2) is 14.3. The van der Waals surface area contributed by atoms with Crippen LogP contribution in [0.2, 0.25) is 0 Å². The Balaban J connectivity index is 1.02. The van der Waals surface area contributed by atoms with E-state index < -0.39 is 0 Å². The quantitative estimate of drug-likeness (QED) is 0.162. The van der Waals surface area contributed by atoms with Crippen LogP contribution in [0, 0.1) is 0 Å². The topological polar surface area (TPSA) is 42.4 Å². The smallest absolute Gasteiger partial charge is 0.227 e. The average molecular weight is 781 g/mol. The van der Waals surface area contributed by atoms with E-state index in [1.807, 2.05) is 36.4 Å². The third kappa shape index (κ3) is 6.12. The van der Waals surface area contributed by atoms with Crippen molar-refractivity contribution in [2.45, 2.75) is 0 Å². The number of furan rings is 1. The number of nitrogens with zero attached hydrogens (tertiary/aromatic N) is 2.